The number of hydrogen-bond donors (Lipinski definition) is 4. The second-order valence-corrected chi connectivity index (χ2v) is 8.65. The maximum Gasteiger partial charge on any atom is 0.323 e. The molecular formula is C23H34N6O6. The quantitative estimate of drug-likeness (QED) is 0.188. The lowest BCUT2D eigenvalue weighted by atomic mass is 9.93. The summed E-state index contributed by atoms with van der Waals surface area (Å²) in [6, 6.07) is 4.46. The summed E-state index contributed by atoms with van der Waals surface area (Å²) in [5.74, 6) is -0.133. The zero-order valence-electron chi connectivity index (χ0n) is 20.1. The molecule has 35 heavy (non-hydrogen) atoms. The number of ether oxygens (including phenoxy) is 3. The molecule has 0 saturated heterocycles. The number of carbonyl (C=O) groups is 1. The predicted octanol–water partition coefficient (Wildman–Crippen LogP) is 0.833. The van der Waals surface area contributed by atoms with Crippen LogP contribution in [0.3, 0.4) is 0 Å². The van der Waals surface area contributed by atoms with Crippen molar-refractivity contribution in [3.8, 4) is 6.07 Å². The molecule has 0 bridgehead atoms. The van der Waals surface area contributed by atoms with Crippen LogP contribution in [0.4, 0.5) is 5.82 Å². The number of nitrogen functional groups attached to an aromatic ring is 1. The molecule has 4 atom stereocenters. The maximum atomic E-state index is 12.5. The second kappa shape index (κ2) is 12.2. The van der Waals surface area contributed by atoms with Gasteiger partial charge in [-0.1, -0.05) is 13.3 Å². The van der Waals surface area contributed by atoms with Gasteiger partial charge in [-0.05, 0) is 44.2 Å². The van der Waals surface area contributed by atoms with Gasteiger partial charge in [0.05, 0.1) is 19.0 Å². The fourth-order valence-corrected chi connectivity index (χ4v) is 4.21. The lowest BCUT2D eigenvalue weighted by Crippen LogP contribution is -2.51. The second-order valence-electron chi connectivity index (χ2n) is 8.65. The van der Waals surface area contributed by atoms with Gasteiger partial charge < -0.3 is 30.2 Å². The number of anilines is 1. The van der Waals surface area contributed by atoms with Gasteiger partial charge in [0.1, 0.15) is 42.3 Å². The fraction of sp³-hybridized carbons (Fsp3) is 0.652. The number of fused-ring (bicyclic) bond motifs is 1. The van der Waals surface area contributed by atoms with Crippen molar-refractivity contribution < 1.29 is 29.2 Å². The standard InChI is InChI=1S/C23H34N6O6/c1-3-16(22(32)35-15-7-5-4-6-8-15)27-14-34-12-23(11-24,33-2)20(31)19(30)17-9-10-18-21(25)26-13-28-29(17)18/h9-10,13,15-16,19-20,27,30-31H,3-8,12,14H2,1-2H3,(H2,25,26,28)/t16-,19-,20-,23+/m0/s1. The summed E-state index contributed by atoms with van der Waals surface area (Å²) in [6.45, 7) is 1.39. The van der Waals surface area contributed by atoms with Crippen LogP contribution in [0.1, 0.15) is 57.2 Å². The average molecular weight is 491 g/mol. The number of rotatable bonds is 12. The highest BCUT2D eigenvalue weighted by Gasteiger charge is 2.44. The highest BCUT2D eigenvalue weighted by Crippen LogP contribution is 2.29. The van der Waals surface area contributed by atoms with Crippen LogP contribution >= 0.6 is 0 Å². The van der Waals surface area contributed by atoms with Crippen molar-refractivity contribution in [2.45, 2.75) is 75.4 Å². The topological polar surface area (TPSA) is 177 Å². The lowest BCUT2D eigenvalue weighted by molar-refractivity contribution is -0.156. The molecule has 2 aromatic heterocycles. The summed E-state index contributed by atoms with van der Waals surface area (Å²) in [5.41, 5.74) is 4.57. The van der Waals surface area contributed by atoms with Crippen molar-refractivity contribution in [3.63, 3.8) is 0 Å². The molecular weight excluding hydrogens is 456 g/mol. The highest BCUT2D eigenvalue weighted by molar-refractivity contribution is 5.75. The molecule has 12 heteroatoms. The van der Waals surface area contributed by atoms with E-state index in [1.165, 1.54) is 30.4 Å². The van der Waals surface area contributed by atoms with Gasteiger partial charge in [0.15, 0.2) is 5.82 Å². The van der Waals surface area contributed by atoms with Gasteiger partial charge in [-0.15, -0.1) is 0 Å². The van der Waals surface area contributed by atoms with E-state index in [2.05, 4.69) is 15.4 Å². The number of aliphatic hydroxyl groups excluding tert-OH is 2. The van der Waals surface area contributed by atoms with Crippen molar-refractivity contribution in [1.82, 2.24) is 19.9 Å². The molecule has 0 radical (unpaired) electrons. The Morgan fingerprint density at radius 1 is 1.37 bits per heavy atom. The molecule has 12 nitrogen and oxygen atoms in total. The molecule has 0 spiro atoms. The Hall–Kier alpha value is -2.82. The molecule has 2 heterocycles. The van der Waals surface area contributed by atoms with Gasteiger partial charge in [-0.25, -0.2) is 9.50 Å². The summed E-state index contributed by atoms with van der Waals surface area (Å²) in [7, 11) is 1.24. The van der Waals surface area contributed by atoms with E-state index in [1.54, 1.807) is 6.07 Å². The van der Waals surface area contributed by atoms with Crippen LogP contribution in [-0.2, 0) is 19.0 Å². The fourth-order valence-electron chi connectivity index (χ4n) is 4.21. The summed E-state index contributed by atoms with van der Waals surface area (Å²) < 4.78 is 17.8. The van der Waals surface area contributed by atoms with Gasteiger partial charge in [0.25, 0.3) is 0 Å². The summed E-state index contributed by atoms with van der Waals surface area (Å²) in [4.78, 5) is 16.4. The number of aliphatic hydroxyl groups is 2. The lowest BCUT2D eigenvalue weighted by Gasteiger charge is -2.32. The van der Waals surface area contributed by atoms with E-state index < -0.39 is 23.9 Å². The molecule has 5 N–H and O–H groups in total. The number of nitrogens with two attached hydrogens (primary N) is 1. The number of methoxy groups -OCH3 is 1. The first-order valence-corrected chi connectivity index (χ1v) is 11.8. The molecule has 1 saturated carbocycles. The first kappa shape index (κ1) is 26.8. The summed E-state index contributed by atoms with van der Waals surface area (Å²) in [5, 5.41) is 38.5. The largest absolute Gasteiger partial charge is 0.461 e. The Bertz CT molecular complexity index is 1020. The number of carbonyl (C=O) groups excluding carboxylic acids is 1. The van der Waals surface area contributed by atoms with Crippen LogP contribution in [0, 0.1) is 11.3 Å². The van der Waals surface area contributed by atoms with Crippen LogP contribution in [0.5, 0.6) is 0 Å². The zero-order valence-corrected chi connectivity index (χ0v) is 20.1. The Morgan fingerprint density at radius 2 is 2.11 bits per heavy atom. The van der Waals surface area contributed by atoms with Gasteiger partial charge in [0, 0.05) is 7.11 Å². The Labute approximate surface area is 204 Å². The molecule has 0 aromatic carbocycles. The van der Waals surface area contributed by atoms with Gasteiger partial charge in [0.2, 0.25) is 5.60 Å². The molecule has 1 aliphatic carbocycles. The van der Waals surface area contributed by atoms with Crippen LogP contribution in [-0.4, -0.2) is 75.1 Å². The van der Waals surface area contributed by atoms with Gasteiger partial charge in [-0.3, -0.25) is 10.1 Å². The monoisotopic (exact) mass is 490 g/mol. The van der Waals surface area contributed by atoms with Crippen molar-refractivity contribution in [2.24, 2.45) is 0 Å². The van der Waals surface area contributed by atoms with E-state index >= 15 is 0 Å². The van der Waals surface area contributed by atoms with Gasteiger partial charge >= 0.3 is 5.97 Å². The molecule has 1 fully saturated rings. The van der Waals surface area contributed by atoms with Crippen LogP contribution < -0.4 is 11.1 Å². The maximum absolute atomic E-state index is 12.5. The van der Waals surface area contributed by atoms with Crippen LogP contribution in [0.2, 0.25) is 0 Å². The third-order valence-electron chi connectivity index (χ3n) is 6.42. The van der Waals surface area contributed by atoms with E-state index in [0.717, 1.165) is 25.7 Å². The first-order valence-electron chi connectivity index (χ1n) is 11.8. The Balaban J connectivity index is 1.59. The van der Waals surface area contributed by atoms with Crippen LogP contribution in [0.25, 0.3) is 5.52 Å². The molecule has 1 aliphatic rings. The molecule has 0 unspecified atom stereocenters. The van der Waals surface area contributed by atoms with E-state index in [0.29, 0.717) is 11.9 Å². The molecule has 3 rings (SSSR count). The SMILES string of the molecule is CC[C@H](NCOC[C@@](C#N)(OC)[C@@H](O)[C@@H](O)c1ccc2c(N)ncnn12)C(=O)OC1CCCCC1. The minimum atomic E-state index is -1.89. The summed E-state index contributed by atoms with van der Waals surface area (Å²) >= 11 is 0. The van der Waals surface area contributed by atoms with E-state index in [1.807, 2.05) is 13.0 Å². The zero-order chi connectivity index (χ0) is 25.4. The Kier molecular flexibility index (Phi) is 9.36. The van der Waals surface area contributed by atoms with Crippen LogP contribution in [0.15, 0.2) is 18.5 Å². The van der Waals surface area contributed by atoms with Gasteiger partial charge in [-0.2, -0.15) is 10.4 Å². The summed E-state index contributed by atoms with van der Waals surface area (Å²) in [6.07, 6.45) is 3.49. The molecule has 0 aliphatic heterocycles. The smallest absolute Gasteiger partial charge is 0.323 e. The number of hydrogen-bond acceptors (Lipinski definition) is 11. The Morgan fingerprint density at radius 3 is 2.77 bits per heavy atom. The molecule has 0 amide bonds. The highest BCUT2D eigenvalue weighted by atomic mass is 16.6. The van der Waals surface area contributed by atoms with Crippen molar-refractivity contribution in [3.05, 3.63) is 24.2 Å². The molecule has 192 valence electrons. The number of aromatic nitrogens is 3. The third-order valence-corrected chi connectivity index (χ3v) is 6.42. The number of esters is 1. The minimum Gasteiger partial charge on any atom is -0.461 e. The normalized spacial score (nSPS) is 18.9. The number of nitriles is 1. The van der Waals surface area contributed by atoms with Crippen molar-refractivity contribution in [2.75, 3.05) is 26.2 Å². The first-order chi connectivity index (χ1) is 16.9. The van der Waals surface area contributed by atoms with E-state index in [-0.39, 0.29) is 36.9 Å². The number of nitrogens with one attached hydrogen (secondary N) is 1. The minimum absolute atomic E-state index is 0.0462. The van der Waals surface area contributed by atoms with E-state index in [9.17, 15) is 20.3 Å². The molecule has 2 aromatic rings. The average Bonchev–Trinajstić information content (AvgIpc) is 3.32. The van der Waals surface area contributed by atoms with Crippen molar-refractivity contribution in [1.29, 1.82) is 5.26 Å². The van der Waals surface area contributed by atoms with E-state index in [4.69, 9.17) is 19.9 Å². The number of nitrogens with zero attached hydrogens (tertiary/aromatic N) is 4. The predicted molar refractivity (Wildman–Crippen MR) is 125 cm³/mol. The third kappa shape index (κ3) is 6.06. The van der Waals surface area contributed by atoms with Crippen molar-refractivity contribution >= 4 is 17.3 Å².